The molecule has 12 rings (SSSR count). The molecule has 0 aliphatic rings. The van der Waals surface area contributed by atoms with Gasteiger partial charge in [0.15, 0.2) is 17.5 Å². The number of para-hydroxylation sites is 2. The molecule has 0 N–H and O–H groups in total. The summed E-state index contributed by atoms with van der Waals surface area (Å²) in [5.41, 5.74) is 7.24. The predicted molar refractivity (Wildman–Crippen MR) is 278 cm³/mol. The third-order valence-electron chi connectivity index (χ3n) is 11.8. The number of hydrogen-bond acceptors (Lipinski definition) is 3. The molecule has 67 heavy (non-hydrogen) atoms. The van der Waals surface area contributed by atoms with Crippen molar-refractivity contribution >= 4 is 21.8 Å². The van der Waals surface area contributed by atoms with Crippen LogP contribution >= 0.6 is 0 Å². The van der Waals surface area contributed by atoms with Crippen molar-refractivity contribution < 1.29 is 16.4 Å². The average Bonchev–Trinajstić information content (AvgIpc) is 3.27. The van der Waals surface area contributed by atoms with Crippen LogP contribution in [0.3, 0.4) is 0 Å². The molecule has 0 unspecified atom stereocenters. The molecule has 0 fully saturated rings. The van der Waals surface area contributed by atoms with Gasteiger partial charge < -0.3 is 4.57 Å². The molecule has 314 valence electrons. The second kappa shape index (κ2) is 17.2. The van der Waals surface area contributed by atoms with Crippen LogP contribution in [-0.4, -0.2) is 19.5 Å². The van der Waals surface area contributed by atoms with Gasteiger partial charge in [-0.2, -0.15) is 0 Å². The van der Waals surface area contributed by atoms with Crippen LogP contribution in [0.2, 0.25) is 0 Å². The van der Waals surface area contributed by atoms with Gasteiger partial charge in [0.2, 0.25) is 0 Å². The van der Waals surface area contributed by atoms with Gasteiger partial charge in [-0.25, -0.2) is 15.0 Å². The Morgan fingerprint density at radius 2 is 0.761 bits per heavy atom. The first kappa shape index (κ1) is 28.7. The normalized spacial score (nSPS) is 13.8. The highest BCUT2D eigenvalue weighted by Gasteiger charge is 2.24. The first-order valence-electron chi connectivity index (χ1n) is 27.7. The maximum Gasteiger partial charge on any atom is 0.166 e. The van der Waals surface area contributed by atoms with E-state index < -0.39 is 83.6 Å². The molecule has 0 amide bonds. The SMILES string of the molecule is [2H]c1c([2H])c([2H])c(-c2c([2H])c([2H])c3c(c2[2H])c2c([2H])c([2H])c([2H])c([2H])c2n3-c2c(-c3cc(-c4ccccc4)cc(-c4ccccc4)c3)cccc2-c2nc(-c3ccccc3)nc(-c3ccc(-c4ccccc4)cc3)n2)c([2H])c1[2H]. The molecule has 0 aliphatic carbocycles. The van der Waals surface area contributed by atoms with Gasteiger partial charge in [0, 0.05) is 33.0 Å². The summed E-state index contributed by atoms with van der Waals surface area (Å²) in [7, 11) is 0. The van der Waals surface area contributed by atoms with Crippen molar-refractivity contribution in [3.63, 3.8) is 0 Å². The average molecular weight is 867 g/mol. The summed E-state index contributed by atoms with van der Waals surface area (Å²) in [5.74, 6) is 0.773. The number of aromatic nitrogens is 4. The summed E-state index contributed by atoms with van der Waals surface area (Å²) in [6.45, 7) is 0. The maximum absolute atomic E-state index is 10.0. The van der Waals surface area contributed by atoms with E-state index in [-0.39, 0.29) is 33.3 Å². The smallest absolute Gasteiger partial charge is 0.166 e. The van der Waals surface area contributed by atoms with Crippen molar-refractivity contribution in [2.24, 2.45) is 0 Å². The Bertz CT molecular complexity index is 4340. The monoisotopic (exact) mass is 866 g/mol. The van der Waals surface area contributed by atoms with Gasteiger partial charge in [-0.1, -0.05) is 212 Å². The van der Waals surface area contributed by atoms with E-state index in [9.17, 15) is 6.85 Å². The second-order valence-corrected chi connectivity index (χ2v) is 15.9. The van der Waals surface area contributed by atoms with E-state index in [1.165, 1.54) is 4.57 Å². The molecule has 0 saturated heterocycles. The molecule has 2 heterocycles. The Hall–Kier alpha value is -8.99. The van der Waals surface area contributed by atoms with Crippen molar-refractivity contribution in [2.75, 3.05) is 0 Å². The van der Waals surface area contributed by atoms with Crippen LogP contribution in [0.15, 0.2) is 255 Å². The van der Waals surface area contributed by atoms with Crippen LogP contribution in [0.1, 0.15) is 16.4 Å². The quantitative estimate of drug-likeness (QED) is 0.145. The molecule has 4 heteroatoms. The van der Waals surface area contributed by atoms with Gasteiger partial charge in [-0.15, -0.1) is 0 Å². The fraction of sp³-hybridized carbons (Fsp3) is 0. The van der Waals surface area contributed by atoms with Crippen molar-refractivity contribution in [1.29, 1.82) is 0 Å². The van der Waals surface area contributed by atoms with Gasteiger partial charge in [0.1, 0.15) is 0 Å². The van der Waals surface area contributed by atoms with E-state index >= 15 is 0 Å². The number of benzene rings is 10. The van der Waals surface area contributed by atoms with E-state index in [1.807, 2.05) is 170 Å². The fourth-order valence-corrected chi connectivity index (χ4v) is 8.60. The Labute approximate surface area is 406 Å². The van der Waals surface area contributed by atoms with E-state index in [0.29, 0.717) is 39.5 Å². The predicted octanol–water partition coefficient (Wildman–Crippen LogP) is 16.3. The van der Waals surface area contributed by atoms with E-state index in [0.717, 1.165) is 33.4 Å². The molecule has 0 aliphatic heterocycles. The van der Waals surface area contributed by atoms with Crippen LogP contribution in [0.5, 0.6) is 0 Å². The summed E-state index contributed by atoms with van der Waals surface area (Å²) in [4.78, 5) is 15.5. The van der Waals surface area contributed by atoms with E-state index in [1.54, 1.807) is 6.07 Å². The topological polar surface area (TPSA) is 43.6 Å². The minimum Gasteiger partial charge on any atom is -0.308 e. The molecular formula is C63H42N4. The number of fused-ring (bicyclic) bond motifs is 3. The third-order valence-corrected chi connectivity index (χ3v) is 11.8. The molecule has 10 aromatic carbocycles. The highest BCUT2D eigenvalue weighted by atomic mass is 15.1. The third kappa shape index (κ3) is 7.57. The highest BCUT2D eigenvalue weighted by molar-refractivity contribution is 6.11. The van der Waals surface area contributed by atoms with Gasteiger partial charge in [-0.05, 0) is 92.5 Å². The number of hydrogen-bond donors (Lipinski definition) is 0. The summed E-state index contributed by atoms with van der Waals surface area (Å²) >= 11 is 0. The van der Waals surface area contributed by atoms with Gasteiger partial charge >= 0.3 is 0 Å². The molecule has 0 atom stereocenters. The minimum absolute atomic E-state index is 0.144. The molecule has 0 bridgehead atoms. The first-order chi connectivity index (χ1) is 38.2. The Balaban J connectivity index is 1.25. The van der Waals surface area contributed by atoms with Crippen LogP contribution in [0.4, 0.5) is 0 Å². The molecule has 0 radical (unpaired) electrons. The van der Waals surface area contributed by atoms with Crippen LogP contribution in [-0.2, 0) is 0 Å². The van der Waals surface area contributed by atoms with Crippen molar-refractivity contribution in [1.82, 2.24) is 19.5 Å². The zero-order chi connectivity index (χ0) is 55.0. The lowest BCUT2D eigenvalue weighted by Gasteiger charge is -2.20. The summed E-state index contributed by atoms with van der Waals surface area (Å²) in [6.07, 6.45) is 0. The lowest BCUT2D eigenvalue weighted by molar-refractivity contribution is 1.06. The fourth-order valence-electron chi connectivity index (χ4n) is 8.60. The van der Waals surface area contributed by atoms with Crippen molar-refractivity contribution in [3.8, 4) is 95.5 Å². The molecule has 2 aromatic heterocycles. The summed E-state index contributed by atoms with van der Waals surface area (Å²) < 4.78 is 112. The maximum atomic E-state index is 10.0. The van der Waals surface area contributed by atoms with E-state index in [2.05, 4.69) is 6.07 Å². The zero-order valence-corrected chi connectivity index (χ0v) is 35.6. The largest absolute Gasteiger partial charge is 0.308 e. The van der Waals surface area contributed by atoms with Crippen LogP contribution < -0.4 is 0 Å². The van der Waals surface area contributed by atoms with Crippen LogP contribution in [0.25, 0.3) is 117 Å². The Morgan fingerprint density at radius 1 is 0.299 bits per heavy atom. The van der Waals surface area contributed by atoms with Gasteiger partial charge in [-0.3, -0.25) is 0 Å². The molecule has 0 saturated carbocycles. The van der Waals surface area contributed by atoms with Crippen molar-refractivity contribution in [2.45, 2.75) is 0 Å². The highest BCUT2D eigenvalue weighted by Crippen LogP contribution is 2.44. The van der Waals surface area contributed by atoms with Gasteiger partial charge in [0.25, 0.3) is 0 Å². The molecule has 0 spiro atoms. The summed E-state index contributed by atoms with van der Waals surface area (Å²) in [6, 6.07) is 50.8. The first-order valence-corrected chi connectivity index (χ1v) is 21.7. The Morgan fingerprint density at radius 3 is 1.39 bits per heavy atom. The van der Waals surface area contributed by atoms with Gasteiger partial charge in [0.05, 0.1) is 33.2 Å². The standard InChI is InChI=1S/C63H42N4/c1-6-19-43(20-7-1)47-33-35-49(36-34-47)62-64-61(48-27-14-5-15-28-48)65-63(66-62)56-31-18-30-54(53-40-51(45-23-10-3-11-24-45)39-52(41-53)46-25-12-4-13-26-46)60(56)67-58-32-17-16-29-55(58)57-42-50(37-38-59(57)67)44-21-8-2-9-22-44/h1-42H/i2D,8D,9D,16D,17D,21D,22D,29D,32D,37D,38D,42D. The van der Waals surface area contributed by atoms with Crippen molar-refractivity contribution in [3.05, 3.63) is 255 Å². The zero-order valence-electron chi connectivity index (χ0n) is 47.6. The van der Waals surface area contributed by atoms with E-state index in [4.69, 9.17) is 24.5 Å². The number of rotatable bonds is 9. The molecule has 12 aromatic rings. The molecular weight excluding hydrogens is 813 g/mol. The lowest BCUT2D eigenvalue weighted by atomic mass is 9.91. The summed E-state index contributed by atoms with van der Waals surface area (Å²) in [5, 5.41) is -0.384. The Kier molecular flexibility index (Phi) is 7.37. The number of nitrogens with zero attached hydrogens (tertiary/aromatic N) is 4. The molecule has 4 nitrogen and oxygen atoms in total. The minimum atomic E-state index is -0.712. The van der Waals surface area contributed by atoms with Crippen LogP contribution in [0, 0.1) is 0 Å². The second-order valence-electron chi connectivity index (χ2n) is 15.9. The lowest BCUT2D eigenvalue weighted by Crippen LogP contribution is -2.05.